The van der Waals surface area contributed by atoms with E-state index in [0.29, 0.717) is 17.9 Å². The van der Waals surface area contributed by atoms with Crippen LogP contribution in [0.3, 0.4) is 0 Å². The quantitative estimate of drug-likeness (QED) is 0.902. The van der Waals surface area contributed by atoms with Gasteiger partial charge in [-0.2, -0.15) is 0 Å². The zero-order chi connectivity index (χ0) is 14.2. The highest BCUT2D eigenvalue weighted by Gasteiger charge is 2.42. The molecular formula is C14H14FN5. The van der Waals surface area contributed by atoms with Crippen molar-refractivity contribution in [3.63, 3.8) is 0 Å². The van der Waals surface area contributed by atoms with Gasteiger partial charge in [-0.15, -0.1) is 0 Å². The van der Waals surface area contributed by atoms with Crippen LogP contribution in [0.2, 0.25) is 0 Å². The highest BCUT2D eigenvalue weighted by Crippen LogP contribution is 2.36. The Hall–Kier alpha value is -2.50. The molecule has 6 heteroatoms. The standard InChI is InChI=1S/C14H14FN5/c1-14(12-8-17-6-7-18-12)9-19-13(16)20(14)11-5-3-2-4-10(11)15/h2-8H,9H2,1H3,(H2,16,19). The Morgan fingerprint density at radius 3 is 2.80 bits per heavy atom. The van der Waals surface area contributed by atoms with Crippen molar-refractivity contribution in [1.29, 1.82) is 0 Å². The molecule has 0 aliphatic carbocycles. The van der Waals surface area contributed by atoms with Gasteiger partial charge in [-0.05, 0) is 19.1 Å². The molecule has 0 amide bonds. The second-order valence-electron chi connectivity index (χ2n) is 4.83. The summed E-state index contributed by atoms with van der Waals surface area (Å²) < 4.78 is 14.1. The van der Waals surface area contributed by atoms with Crippen molar-refractivity contribution >= 4 is 11.6 Å². The molecule has 1 aliphatic heterocycles. The van der Waals surface area contributed by atoms with Gasteiger partial charge in [-0.3, -0.25) is 19.9 Å². The lowest BCUT2D eigenvalue weighted by molar-refractivity contribution is 0.503. The van der Waals surface area contributed by atoms with E-state index < -0.39 is 5.54 Å². The first-order chi connectivity index (χ1) is 9.63. The number of aliphatic imine (C=N–C) groups is 1. The molecule has 20 heavy (non-hydrogen) atoms. The smallest absolute Gasteiger partial charge is 0.196 e. The minimum atomic E-state index is -0.638. The van der Waals surface area contributed by atoms with Gasteiger partial charge in [0.15, 0.2) is 5.96 Å². The first-order valence-corrected chi connectivity index (χ1v) is 6.24. The van der Waals surface area contributed by atoms with Crippen LogP contribution in [-0.2, 0) is 5.54 Å². The molecule has 5 nitrogen and oxygen atoms in total. The molecule has 0 radical (unpaired) electrons. The molecule has 0 saturated carbocycles. The van der Waals surface area contributed by atoms with E-state index in [1.165, 1.54) is 6.07 Å². The van der Waals surface area contributed by atoms with E-state index in [1.54, 1.807) is 41.7 Å². The van der Waals surface area contributed by atoms with E-state index in [4.69, 9.17) is 5.73 Å². The van der Waals surface area contributed by atoms with Crippen molar-refractivity contribution in [2.75, 3.05) is 11.4 Å². The summed E-state index contributed by atoms with van der Waals surface area (Å²) in [5, 5.41) is 0. The molecule has 3 rings (SSSR count). The van der Waals surface area contributed by atoms with E-state index in [0.717, 1.165) is 0 Å². The SMILES string of the molecule is CC1(c2cnccn2)CN=C(N)N1c1ccccc1F. The molecule has 2 aromatic rings. The Labute approximate surface area is 116 Å². The predicted molar refractivity (Wildman–Crippen MR) is 74.8 cm³/mol. The minimum absolute atomic E-state index is 0.281. The first kappa shape index (κ1) is 12.5. The molecule has 1 aromatic heterocycles. The topological polar surface area (TPSA) is 67.4 Å². The number of para-hydroxylation sites is 1. The van der Waals surface area contributed by atoms with Gasteiger partial charge in [0.2, 0.25) is 0 Å². The summed E-state index contributed by atoms with van der Waals surface area (Å²) >= 11 is 0. The van der Waals surface area contributed by atoms with E-state index in [9.17, 15) is 4.39 Å². The first-order valence-electron chi connectivity index (χ1n) is 6.24. The predicted octanol–water partition coefficient (Wildman–Crippen LogP) is 1.67. The van der Waals surface area contributed by atoms with E-state index in [1.807, 2.05) is 6.92 Å². The van der Waals surface area contributed by atoms with E-state index >= 15 is 0 Å². The average molecular weight is 271 g/mol. The third-order valence-electron chi connectivity index (χ3n) is 3.48. The van der Waals surface area contributed by atoms with E-state index in [-0.39, 0.29) is 11.8 Å². The Balaban J connectivity index is 2.12. The molecule has 102 valence electrons. The fourth-order valence-electron chi connectivity index (χ4n) is 2.42. The second-order valence-corrected chi connectivity index (χ2v) is 4.83. The summed E-state index contributed by atoms with van der Waals surface area (Å²) in [5.74, 6) is -0.0640. The maximum Gasteiger partial charge on any atom is 0.196 e. The Morgan fingerprint density at radius 2 is 2.10 bits per heavy atom. The number of hydrogen-bond donors (Lipinski definition) is 1. The number of rotatable bonds is 2. The molecule has 1 aliphatic rings. The third kappa shape index (κ3) is 1.80. The van der Waals surface area contributed by atoms with Crippen LogP contribution in [0.25, 0.3) is 0 Å². The maximum absolute atomic E-state index is 14.1. The monoisotopic (exact) mass is 271 g/mol. The zero-order valence-electron chi connectivity index (χ0n) is 11.0. The lowest BCUT2D eigenvalue weighted by Crippen LogP contribution is -2.48. The van der Waals surface area contributed by atoms with Crippen molar-refractivity contribution in [2.24, 2.45) is 10.7 Å². The molecule has 2 heterocycles. The van der Waals surface area contributed by atoms with Gasteiger partial charge < -0.3 is 5.73 Å². The number of nitrogens with zero attached hydrogens (tertiary/aromatic N) is 4. The molecule has 0 bridgehead atoms. The summed E-state index contributed by atoms with van der Waals surface area (Å²) in [7, 11) is 0. The third-order valence-corrected chi connectivity index (χ3v) is 3.48. The molecular weight excluding hydrogens is 257 g/mol. The number of hydrogen-bond acceptors (Lipinski definition) is 5. The Morgan fingerprint density at radius 1 is 1.30 bits per heavy atom. The van der Waals surface area contributed by atoms with Gasteiger partial charge in [0.1, 0.15) is 11.4 Å². The van der Waals surface area contributed by atoms with E-state index in [2.05, 4.69) is 15.0 Å². The van der Waals surface area contributed by atoms with Crippen molar-refractivity contribution < 1.29 is 4.39 Å². The van der Waals surface area contributed by atoms with Crippen LogP contribution < -0.4 is 10.6 Å². The number of halogens is 1. The summed E-state index contributed by atoms with van der Waals surface area (Å²) in [6, 6.07) is 6.48. The largest absolute Gasteiger partial charge is 0.369 e. The van der Waals surface area contributed by atoms with Gasteiger partial charge in [-0.25, -0.2) is 4.39 Å². The molecule has 0 saturated heterocycles. The van der Waals surface area contributed by atoms with Crippen molar-refractivity contribution in [2.45, 2.75) is 12.5 Å². The average Bonchev–Trinajstić information content (AvgIpc) is 2.78. The second kappa shape index (κ2) is 4.56. The van der Waals surface area contributed by atoms with Crippen molar-refractivity contribution in [3.05, 3.63) is 54.4 Å². The Kier molecular flexibility index (Phi) is 2.85. The number of guanidine groups is 1. The fraction of sp³-hybridized carbons (Fsp3) is 0.214. The lowest BCUT2D eigenvalue weighted by Gasteiger charge is -2.35. The summed E-state index contributed by atoms with van der Waals surface area (Å²) in [5.41, 5.74) is 6.41. The molecule has 0 fully saturated rings. The molecule has 2 N–H and O–H groups in total. The molecule has 1 unspecified atom stereocenters. The van der Waals surface area contributed by atoms with Gasteiger partial charge in [0.25, 0.3) is 0 Å². The van der Waals surface area contributed by atoms with Crippen molar-refractivity contribution in [3.8, 4) is 0 Å². The summed E-state index contributed by atoms with van der Waals surface area (Å²) in [4.78, 5) is 14.3. The highest BCUT2D eigenvalue weighted by molar-refractivity contribution is 5.98. The number of benzene rings is 1. The number of aromatic nitrogens is 2. The summed E-state index contributed by atoms with van der Waals surface area (Å²) in [6.07, 6.45) is 4.86. The van der Waals surface area contributed by atoms with Crippen LogP contribution >= 0.6 is 0 Å². The maximum atomic E-state index is 14.1. The normalized spacial score (nSPS) is 21.9. The van der Waals surface area contributed by atoms with Gasteiger partial charge in [0.05, 0.1) is 24.1 Å². The summed E-state index contributed by atoms with van der Waals surface area (Å²) in [6.45, 7) is 2.33. The molecule has 0 spiro atoms. The van der Waals surface area contributed by atoms with Crippen LogP contribution in [0.5, 0.6) is 0 Å². The lowest BCUT2D eigenvalue weighted by atomic mass is 9.96. The number of nitrogens with two attached hydrogens (primary N) is 1. The minimum Gasteiger partial charge on any atom is -0.369 e. The van der Waals surface area contributed by atoms with Crippen LogP contribution in [0.1, 0.15) is 12.6 Å². The van der Waals surface area contributed by atoms with Crippen molar-refractivity contribution in [1.82, 2.24) is 9.97 Å². The van der Waals surface area contributed by atoms with Gasteiger partial charge in [-0.1, -0.05) is 12.1 Å². The Bertz CT molecular complexity index is 658. The van der Waals surface area contributed by atoms with Crippen LogP contribution in [0.15, 0.2) is 47.8 Å². The molecule has 1 atom stereocenters. The zero-order valence-corrected chi connectivity index (χ0v) is 11.0. The van der Waals surface area contributed by atoms with Crippen LogP contribution in [-0.4, -0.2) is 22.5 Å². The fourth-order valence-corrected chi connectivity index (χ4v) is 2.42. The highest BCUT2D eigenvalue weighted by atomic mass is 19.1. The van der Waals surface area contributed by atoms with Gasteiger partial charge >= 0.3 is 0 Å². The number of anilines is 1. The van der Waals surface area contributed by atoms with Gasteiger partial charge in [0, 0.05) is 12.4 Å². The van der Waals surface area contributed by atoms with Crippen LogP contribution in [0.4, 0.5) is 10.1 Å². The molecule has 1 aromatic carbocycles. The van der Waals surface area contributed by atoms with Crippen LogP contribution in [0, 0.1) is 5.82 Å².